The molecule has 0 unspecified atom stereocenters. The van der Waals surface area contributed by atoms with Crippen molar-refractivity contribution in [2.24, 2.45) is 0 Å². The zero-order valence-electron chi connectivity index (χ0n) is 10.6. The monoisotopic (exact) mass is 410 g/mol. The maximum absolute atomic E-state index is 11.5. The van der Waals surface area contributed by atoms with Crippen LogP contribution in [0.2, 0.25) is 0 Å². The number of hydrogen-bond acceptors (Lipinski definition) is 3. The normalized spacial score (nSPS) is 17.7. The first-order valence-corrected chi connectivity index (χ1v) is 9.72. The van der Waals surface area contributed by atoms with Crippen LogP contribution in [-0.4, -0.2) is 45.2 Å². The van der Waals surface area contributed by atoms with Gasteiger partial charge in [0.25, 0.3) is 0 Å². The zero-order valence-corrected chi connectivity index (χ0v) is 14.6. The first-order chi connectivity index (χ1) is 8.91. The first-order valence-electron chi connectivity index (χ1n) is 5.96. The minimum absolute atomic E-state index is 0.547. The third-order valence-corrected chi connectivity index (χ3v) is 5.80. The average molecular weight is 412 g/mol. The highest BCUT2D eigenvalue weighted by molar-refractivity contribution is 9.10. The lowest BCUT2D eigenvalue weighted by molar-refractivity contribution is 0.388. The Hall–Kier alpha value is -0.110. The Morgan fingerprint density at radius 2 is 1.84 bits per heavy atom. The van der Waals surface area contributed by atoms with Gasteiger partial charge in [0, 0.05) is 36.0 Å². The number of anilines is 1. The van der Waals surface area contributed by atoms with E-state index in [0.29, 0.717) is 13.1 Å². The molecule has 0 aromatic heterocycles. The minimum Gasteiger partial charge on any atom is -0.368 e. The van der Waals surface area contributed by atoms with Crippen LogP contribution in [0.25, 0.3) is 0 Å². The molecule has 1 aliphatic rings. The maximum atomic E-state index is 11.5. The van der Waals surface area contributed by atoms with Gasteiger partial charge in [-0.1, -0.05) is 22.0 Å². The molecule has 4 nitrogen and oxygen atoms in total. The van der Waals surface area contributed by atoms with E-state index >= 15 is 0 Å². The number of halogens is 2. The fraction of sp³-hybridized carbons (Fsp3) is 0.500. The summed E-state index contributed by atoms with van der Waals surface area (Å²) in [7, 11) is -3.06. The predicted octanol–water partition coefficient (Wildman–Crippen LogP) is 2.43. The number of benzene rings is 1. The quantitative estimate of drug-likeness (QED) is 0.717. The highest BCUT2D eigenvalue weighted by Gasteiger charge is 2.24. The van der Waals surface area contributed by atoms with Crippen molar-refractivity contribution in [1.29, 1.82) is 0 Å². The molecule has 0 aliphatic carbocycles. The van der Waals surface area contributed by atoms with E-state index in [1.165, 1.54) is 16.1 Å². The molecule has 0 atom stereocenters. The molecule has 1 aliphatic heterocycles. The summed E-state index contributed by atoms with van der Waals surface area (Å²) in [6.07, 6.45) is 1.27. The Bertz CT molecular complexity index is 555. The van der Waals surface area contributed by atoms with Crippen LogP contribution in [0.1, 0.15) is 5.56 Å². The van der Waals surface area contributed by atoms with Crippen LogP contribution in [0, 0.1) is 0 Å². The highest BCUT2D eigenvalue weighted by Crippen LogP contribution is 2.29. The summed E-state index contributed by atoms with van der Waals surface area (Å²) in [4.78, 5) is 2.21. The first kappa shape index (κ1) is 15.3. The smallest absolute Gasteiger partial charge is 0.211 e. The summed E-state index contributed by atoms with van der Waals surface area (Å²) < 4.78 is 25.5. The van der Waals surface area contributed by atoms with E-state index in [9.17, 15) is 8.42 Å². The van der Waals surface area contributed by atoms with Gasteiger partial charge >= 0.3 is 0 Å². The van der Waals surface area contributed by atoms with Gasteiger partial charge in [0.15, 0.2) is 0 Å². The topological polar surface area (TPSA) is 40.6 Å². The van der Waals surface area contributed by atoms with Crippen LogP contribution < -0.4 is 4.90 Å². The molecule has 2 rings (SSSR count). The summed E-state index contributed by atoms with van der Waals surface area (Å²) in [5, 5.41) is 0.827. The number of piperazine rings is 1. The van der Waals surface area contributed by atoms with Crippen LogP contribution in [0.15, 0.2) is 22.7 Å². The largest absolute Gasteiger partial charge is 0.368 e. The standard InChI is InChI=1S/C12H16Br2N2O2S/c1-19(17,18)16-6-4-15(5-7-16)12-3-2-10(9-13)8-11(12)14/h2-3,8H,4-7,9H2,1H3. The summed E-state index contributed by atoms with van der Waals surface area (Å²) in [6, 6.07) is 6.25. The molecule has 19 heavy (non-hydrogen) atoms. The van der Waals surface area contributed by atoms with E-state index in [4.69, 9.17) is 0 Å². The Balaban J connectivity index is 2.10. The molecule has 0 saturated carbocycles. The Kier molecular flexibility index (Phi) is 4.92. The maximum Gasteiger partial charge on any atom is 0.211 e. The number of nitrogens with zero attached hydrogens (tertiary/aromatic N) is 2. The van der Waals surface area contributed by atoms with Gasteiger partial charge in [0.05, 0.1) is 11.9 Å². The van der Waals surface area contributed by atoms with Crippen LogP contribution in [0.3, 0.4) is 0 Å². The van der Waals surface area contributed by atoms with E-state index in [2.05, 4.69) is 55.0 Å². The summed E-state index contributed by atoms with van der Waals surface area (Å²) in [6.45, 7) is 2.54. The molecule has 1 heterocycles. The van der Waals surface area contributed by atoms with Gasteiger partial charge in [-0.3, -0.25) is 0 Å². The van der Waals surface area contributed by atoms with E-state index in [1.54, 1.807) is 0 Å². The van der Waals surface area contributed by atoms with Gasteiger partial charge < -0.3 is 4.90 Å². The summed E-state index contributed by atoms with van der Waals surface area (Å²) in [5.74, 6) is 0. The Morgan fingerprint density at radius 3 is 2.32 bits per heavy atom. The molecular weight excluding hydrogens is 396 g/mol. The molecule has 0 radical (unpaired) electrons. The Morgan fingerprint density at radius 1 is 1.21 bits per heavy atom. The van der Waals surface area contributed by atoms with Gasteiger partial charge in [-0.05, 0) is 33.6 Å². The van der Waals surface area contributed by atoms with Crippen molar-refractivity contribution in [2.45, 2.75) is 5.33 Å². The molecule has 7 heteroatoms. The fourth-order valence-corrected chi connectivity index (χ4v) is 4.00. The fourth-order valence-electron chi connectivity index (χ4n) is 2.15. The second-order valence-electron chi connectivity index (χ2n) is 4.57. The van der Waals surface area contributed by atoms with Crippen molar-refractivity contribution in [1.82, 2.24) is 4.31 Å². The second kappa shape index (κ2) is 6.11. The highest BCUT2D eigenvalue weighted by atomic mass is 79.9. The molecule has 0 bridgehead atoms. The van der Waals surface area contributed by atoms with Gasteiger partial charge in [-0.25, -0.2) is 8.42 Å². The second-order valence-corrected chi connectivity index (χ2v) is 7.97. The molecule has 1 aromatic carbocycles. The molecule has 1 saturated heterocycles. The molecule has 106 valence electrons. The van der Waals surface area contributed by atoms with Crippen molar-refractivity contribution in [3.63, 3.8) is 0 Å². The molecule has 0 spiro atoms. The van der Waals surface area contributed by atoms with Crippen molar-refractivity contribution >= 4 is 47.6 Å². The average Bonchev–Trinajstić information content (AvgIpc) is 2.37. The molecular formula is C12H16Br2N2O2S. The Labute approximate surface area is 131 Å². The SMILES string of the molecule is CS(=O)(=O)N1CCN(c2ccc(CBr)cc2Br)CC1. The lowest BCUT2D eigenvalue weighted by Gasteiger charge is -2.35. The van der Waals surface area contributed by atoms with Crippen LogP contribution in [0.4, 0.5) is 5.69 Å². The van der Waals surface area contributed by atoms with Gasteiger partial charge in [0.2, 0.25) is 10.0 Å². The number of hydrogen-bond donors (Lipinski definition) is 0. The third kappa shape index (κ3) is 3.71. The number of sulfonamides is 1. The molecule has 1 fully saturated rings. The van der Waals surface area contributed by atoms with Gasteiger partial charge in [-0.15, -0.1) is 0 Å². The van der Waals surface area contributed by atoms with E-state index < -0.39 is 10.0 Å². The number of alkyl halides is 1. The van der Waals surface area contributed by atoms with Crippen LogP contribution in [-0.2, 0) is 15.4 Å². The van der Waals surface area contributed by atoms with E-state index in [-0.39, 0.29) is 0 Å². The molecule has 0 N–H and O–H groups in total. The van der Waals surface area contributed by atoms with Crippen molar-refractivity contribution in [3.8, 4) is 0 Å². The molecule has 0 amide bonds. The predicted molar refractivity (Wildman–Crippen MR) is 85.4 cm³/mol. The lowest BCUT2D eigenvalue weighted by atomic mass is 10.2. The summed E-state index contributed by atoms with van der Waals surface area (Å²) >= 11 is 7.02. The van der Waals surface area contributed by atoms with Gasteiger partial charge in [-0.2, -0.15) is 4.31 Å². The summed E-state index contributed by atoms with van der Waals surface area (Å²) in [5.41, 5.74) is 2.34. The van der Waals surface area contributed by atoms with Crippen molar-refractivity contribution in [3.05, 3.63) is 28.2 Å². The number of rotatable bonds is 3. The van der Waals surface area contributed by atoms with E-state index in [1.807, 2.05) is 0 Å². The van der Waals surface area contributed by atoms with Crippen molar-refractivity contribution in [2.75, 3.05) is 37.3 Å². The minimum atomic E-state index is -3.06. The van der Waals surface area contributed by atoms with Crippen LogP contribution in [0.5, 0.6) is 0 Å². The molecule has 1 aromatic rings. The zero-order chi connectivity index (χ0) is 14.0. The van der Waals surface area contributed by atoms with Crippen molar-refractivity contribution < 1.29 is 8.42 Å². The van der Waals surface area contributed by atoms with Crippen LogP contribution >= 0.6 is 31.9 Å². The van der Waals surface area contributed by atoms with E-state index in [0.717, 1.165) is 28.6 Å². The third-order valence-electron chi connectivity index (χ3n) is 3.21. The van der Waals surface area contributed by atoms with Gasteiger partial charge in [0.1, 0.15) is 0 Å². The lowest BCUT2D eigenvalue weighted by Crippen LogP contribution is -2.48.